The molecule has 16 heavy (non-hydrogen) atoms. The Kier molecular flexibility index (Phi) is 6.09. The van der Waals surface area contributed by atoms with Crippen LogP contribution in [-0.4, -0.2) is 11.5 Å². The molecule has 0 saturated carbocycles. The molecule has 2 heteroatoms. The average Bonchev–Trinajstić information content (AvgIpc) is 2.28. The van der Waals surface area contributed by atoms with E-state index in [0.29, 0.717) is 6.04 Å². The van der Waals surface area contributed by atoms with Crippen molar-refractivity contribution in [1.29, 1.82) is 0 Å². The van der Waals surface area contributed by atoms with Crippen molar-refractivity contribution in [2.24, 2.45) is 0 Å². The number of unbranched alkanes of at least 4 members (excludes halogenated alkanes) is 2. The van der Waals surface area contributed by atoms with E-state index in [9.17, 15) is 0 Å². The molecule has 0 amide bonds. The monoisotopic (exact) mass is 220 g/mol. The molecule has 0 saturated heterocycles. The smallest absolute Gasteiger partial charge is 0.0335 e. The minimum absolute atomic E-state index is 0.476. The van der Waals surface area contributed by atoms with Crippen LogP contribution in [0, 0.1) is 6.92 Å². The summed E-state index contributed by atoms with van der Waals surface area (Å²) < 4.78 is 0. The van der Waals surface area contributed by atoms with Gasteiger partial charge in [0.2, 0.25) is 0 Å². The number of hydrogen-bond acceptors (Lipinski definition) is 2. The van der Waals surface area contributed by atoms with Crippen molar-refractivity contribution in [2.45, 2.75) is 52.5 Å². The van der Waals surface area contributed by atoms with Crippen molar-refractivity contribution < 1.29 is 0 Å². The topological polar surface area (TPSA) is 24.9 Å². The fraction of sp³-hybridized carbons (Fsp3) is 0.643. The first kappa shape index (κ1) is 13.2. The zero-order valence-corrected chi connectivity index (χ0v) is 10.8. The molecule has 0 aliphatic heterocycles. The van der Waals surface area contributed by atoms with E-state index in [2.05, 4.69) is 37.1 Å². The Bertz CT molecular complexity index is 297. The molecule has 1 atom stereocenters. The maximum atomic E-state index is 4.28. The molecule has 0 radical (unpaired) electrons. The van der Waals surface area contributed by atoms with Crippen LogP contribution < -0.4 is 5.32 Å². The third-order valence-corrected chi connectivity index (χ3v) is 2.85. The zero-order chi connectivity index (χ0) is 11.8. The van der Waals surface area contributed by atoms with Crippen LogP contribution in [0.4, 0.5) is 0 Å². The van der Waals surface area contributed by atoms with E-state index in [1.54, 1.807) is 0 Å². The second-order valence-electron chi connectivity index (χ2n) is 4.40. The fourth-order valence-electron chi connectivity index (χ4n) is 2.00. The van der Waals surface area contributed by atoms with Gasteiger partial charge in [-0.05, 0) is 31.0 Å². The van der Waals surface area contributed by atoms with E-state index >= 15 is 0 Å². The Morgan fingerprint density at radius 3 is 2.69 bits per heavy atom. The second-order valence-corrected chi connectivity index (χ2v) is 4.40. The summed E-state index contributed by atoms with van der Waals surface area (Å²) in [5, 5.41) is 3.55. The molecule has 2 nitrogen and oxygen atoms in total. The molecule has 1 N–H and O–H groups in total. The molecule has 0 aromatic carbocycles. The minimum atomic E-state index is 0.476. The molecular weight excluding hydrogens is 196 g/mol. The Balaban J connectivity index is 2.61. The van der Waals surface area contributed by atoms with Crippen molar-refractivity contribution >= 4 is 0 Å². The molecule has 1 aromatic rings. The Hall–Kier alpha value is -0.890. The van der Waals surface area contributed by atoms with Crippen molar-refractivity contribution in [3.8, 4) is 0 Å². The minimum Gasteiger partial charge on any atom is -0.310 e. The van der Waals surface area contributed by atoms with Crippen LogP contribution in [0.15, 0.2) is 18.5 Å². The summed E-state index contributed by atoms with van der Waals surface area (Å²) in [6.45, 7) is 7.53. The van der Waals surface area contributed by atoms with Gasteiger partial charge in [0.1, 0.15) is 0 Å². The maximum Gasteiger partial charge on any atom is 0.0335 e. The van der Waals surface area contributed by atoms with Crippen molar-refractivity contribution in [1.82, 2.24) is 10.3 Å². The Morgan fingerprint density at radius 1 is 1.25 bits per heavy atom. The summed E-state index contributed by atoms with van der Waals surface area (Å²) in [7, 11) is 0. The summed E-state index contributed by atoms with van der Waals surface area (Å²) in [6.07, 6.45) is 9.02. The molecule has 0 bridgehead atoms. The maximum absolute atomic E-state index is 4.28. The predicted octanol–water partition coefficient (Wildman–Crippen LogP) is 3.62. The van der Waals surface area contributed by atoms with Crippen LogP contribution in [0.1, 0.15) is 56.7 Å². The van der Waals surface area contributed by atoms with Crippen LogP contribution in [-0.2, 0) is 0 Å². The number of nitrogens with zero attached hydrogens (tertiary/aromatic N) is 1. The molecule has 0 aliphatic carbocycles. The van der Waals surface area contributed by atoms with Crippen LogP contribution in [0.5, 0.6) is 0 Å². The number of pyridine rings is 1. The van der Waals surface area contributed by atoms with E-state index in [-0.39, 0.29) is 0 Å². The van der Waals surface area contributed by atoms with Gasteiger partial charge in [0.25, 0.3) is 0 Å². The number of aryl methyl sites for hydroxylation is 1. The molecule has 1 unspecified atom stereocenters. The molecule has 1 aromatic heterocycles. The van der Waals surface area contributed by atoms with Gasteiger partial charge in [-0.25, -0.2) is 0 Å². The predicted molar refractivity (Wildman–Crippen MR) is 69.5 cm³/mol. The largest absolute Gasteiger partial charge is 0.310 e. The van der Waals surface area contributed by atoms with Crippen LogP contribution in [0.3, 0.4) is 0 Å². The molecule has 0 fully saturated rings. The second kappa shape index (κ2) is 7.39. The van der Waals surface area contributed by atoms with E-state index in [1.807, 2.05) is 12.4 Å². The van der Waals surface area contributed by atoms with Gasteiger partial charge in [-0.2, -0.15) is 0 Å². The molecule has 1 rings (SSSR count). The van der Waals surface area contributed by atoms with Crippen LogP contribution in [0.2, 0.25) is 0 Å². The average molecular weight is 220 g/mol. The SMILES string of the molecule is CCCCCC(NCC)c1cncc(C)c1. The molecule has 90 valence electrons. The van der Waals surface area contributed by atoms with Gasteiger partial charge in [-0.3, -0.25) is 4.98 Å². The normalized spacial score (nSPS) is 12.7. The lowest BCUT2D eigenvalue weighted by molar-refractivity contribution is 0.485. The van der Waals surface area contributed by atoms with Crippen molar-refractivity contribution in [2.75, 3.05) is 6.54 Å². The van der Waals surface area contributed by atoms with Gasteiger partial charge in [0.15, 0.2) is 0 Å². The zero-order valence-electron chi connectivity index (χ0n) is 10.8. The third kappa shape index (κ3) is 4.31. The van der Waals surface area contributed by atoms with Crippen LogP contribution in [0.25, 0.3) is 0 Å². The van der Waals surface area contributed by atoms with E-state index in [1.165, 1.54) is 36.8 Å². The van der Waals surface area contributed by atoms with Gasteiger partial charge >= 0.3 is 0 Å². The van der Waals surface area contributed by atoms with E-state index < -0.39 is 0 Å². The highest BCUT2D eigenvalue weighted by Gasteiger charge is 2.09. The first-order valence-corrected chi connectivity index (χ1v) is 6.42. The summed E-state index contributed by atoms with van der Waals surface area (Å²) >= 11 is 0. The Morgan fingerprint density at radius 2 is 2.06 bits per heavy atom. The van der Waals surface area contributed by atoms with Crippen LogP contribution >= 0.6 is 0 Å². The summed E-state index contributed by atoms with van der Waals surface area (Å²) in [6, 6.07) is 2.72. The standard InChI is InChI=1S/C14H24N2/c1-4-6-7-8-14(16-5-2)13-9-12(3)10-15-11-13/h9-11,14,16H,4-8H2,1-3H3. The number of nitrogens with one attached hydrogen (secondary N) is 1. The first-order valence-electron chi connectivity index (χ1n) is 6.42. The van der Waals surface area contributed by atoms with Crippen molar-refractivity contribution in [3.63, 3.8) is 0 Å². The molecular formula is C14H24N2. The molecule has 1 heterocycles. The number of aromatic nitrogens is 1. The fourth-order valence-corrected chi connectivity index (χ4v) is 2.00. The number of rotatable bonds is 7. The highest BCUT2D eigenvalue weighted by atomic mass is 14.9. The highest BCUT2D eigenvalue weighted by Crippen LogP contribution is 2.19. The van der Waals surface area contributed by atoms with Gasteiger partial charge in [-0.1, -0.05) is 39.2 Å². The first-order chi connectivity index (χ1) is 7.77. The van der Waals surface area contributed by atoms with Gasteiger partial charge in [0, 0.05) is 18.4 Å². The Labute approximate surface area is 99.5 Å². The summed E-state index contributed by atoms with van der Waals surface area (Å²) in [5.74, 6) is 0. The van der Waals surface area contributed by atoms with Crippen molar-refractivity contribution in [3.05, 3.63) is 29.6 Å². The lowest BCUT2D eigenvalue weighted by Crippen LogP contribution is -2.21. The van der Waals surface area contributed by atoms with Gasteiger partial charge in [0.05, 0.1) is 0 Å². The molecule has 0 spiro atoms. The quantitative estimate of drug-likeness (QED) is 0.710. The molecule has 0 aliphatic rings. The lowest BCUT2D eigenvalue weighted by atomic mass is 10.0. The van der Waals surface area contributed by atoms with E-state index in [4.69, 9.17) is 0 Å². The van der Waals surface area contributed by atoms with E-state index in [0.717, 1.165) is 6.54 Å². The third-order valence-electron chi connectivity index (χ3n) is 2.85. The van der Waals surface area contributed by atoms with Gasteiger partial charge in [-0.15, -0.1) is 0 Å². The number of hydrogen-bond donors (Lipinski definition) is 1. The summed E-state index contributed by atoms with van der Waals surface area (Å²) in [5.41, 5.74) is 2.58. The van der Waals surface area contributed by atoms with Gasteiger partial charge < -0.3 is 5.32 Å². The lowest BCUT2D eigenvalue weighted by Gasteiger charge is -2.18. The summed E-state index contributed by atoms with van der Waals surface area (Å²) in [4.78, 5) is 4.28. The highest BCUT2D eigenvalue weighted by molar-refractivity contribution is 5.20.